The van der Waals surface area contributed by atoms with Crippen molar-refractivity contribution in [3.63, 3.8) is 0 Å². The number of nitrogens with zero attached hydrogens (tertiary/aromatic N) is 1. The topological polar surface area (TPSA) is 68.3 Å². The van der Waals surface area contributed by atoms with Crippen LogP contribution < -0.4 is 9.46 Å². The summed E-state index contributed by atoms with van der Waals surface area (Å²) in [5.74, 6) is 0.587. The smallest absolute Gasteiger partial charge is 0.215 e. The van der Waals surface area contributed by atoms with Gasteiger partial charge in [0.15, 0.2) is 0 Å². The Morgan fingerprint density at radius 2 is 2.05 bits per heavy atom. The minimum atomic E-state index is -3.34. The molecule has 1 aromatic heterocycles. The average Bonchev–Trinajstić information content (AvgIpc) is 2.91. The number of ether oxygens (including phenoxy) is 1. The predicted molar refractivity (Wildman–Crippen MR) is 74.7 cm³/mol. The summed E-state index contributed by atoms with van der Waals surface area (Å²) in [6, 6.07) is 9.12. The van der Waals surface area contributed by atoms with Gasteiger partial charge in [-0.3, -0.25) is 0 Å². The fourth-order valence-electron chi connectivity index (χ4n) is 1.37. The van der Waals surface area contributed by atoms with E-state index in [2.05, 4.69) is 9.71 Å². The van der Waals surface area contributed by atoms with Crippen molar-refractivity contribution in [3.05, 3.63) is 46.9 Å². The van der Waals surface area contributed by atoms with E-state index in [0.717, 1.165) is 5.69 Å². The van der Waals surface area contributed by atoms with Gasteiger partial charge in [0.05, 0.1) is 23.5 Å². The lowest BCUT2D eigenvalue weighted by Gasteiger charge is -2.07. The van der Waals surface area contributed by atoms with E-state index in [0.29, 0.717) is 5.75 Å². The maximum Gasteiger partial charge on any atom is 0.215 e. The number of nitrogens with one attached hydrogen (secondary N) is 1. The van der Waals surface area contributed by atoms with Crippen LogP contribution in [0.15, 0.2) is 41.2 Å². The molecule has 0 amide bonds. The molecular weight excluding hydrogens is 284 g/mol. The van der Waals surface area contributed by atoms with Gasteiger partial charge in [-0.1, -0.05) is 18.2 Å². The van der Waals surface area contributed by atoms with Gasteiger partial charge in [-0.2, -0.15) is 0 Å². The Balaban J connectivity index is 1.75. The molecule has 0 bridgehead atoms. The maximum atomic E-state index is 11.7. The fourth-order valence-corrected chi connectivity index (χ4v) is 2.74. The van der Waals surface area contributed by atoms with Crippen molar-refractivity contribution >= 4 is 21.4 Å². The van der Waals surface area contributed by atoms with Gasteiger partial charge in [-0.05, 0) is 12.1 Å². The van der Waals surface area contributed by atoms with Crippen LogP contribution in [0.4, 0.5) is 0 Å². The molecule has 0 spiro atoms. The lowest BCUT2D eigenvalue weighted by atomic mass is 10.3. The van der Waals surface area contributed by atoms with Gasteiger partial charge in [0, 0.05) is 5.38 Å². The number of thiazole rings is 1. The fraction of sp³-hybridized carbons (Fsp3) is 0.250. The molecule has 0 atom stereocenters. The first-order valence-electron chi connectivity index (χ1n) is 5.68. The molecule has 1 aromatic carbocycles. The normalized spacial score (nSPS) is 11.4. The summed E-state index contributed by atoms with van der Waals surface area (Å²) in [7, 11) is -3.34. The summed E-state index contributed by atoms with van der Waals surface area (Å²) >= 11 is 1.43. The number of rotatable bonds is 7. The van der Waals surface area contributed by atoms with Crippen LogP contribution >= 0.6 is 11.3 Å². The lowest BCUT2D eigenvalue weighted by molar-refractivity contribution is 0.340. The minimum absolute atomic E-state index is 0.0773. The quantitative estimate of drug-likeness (QED) is 0.844. The molecule has 5 nitrogen and oxygen atoms in total. The van der Waals surface area contributed by atoms with Crippen molar-refractivity contribution in [2.24, 2.45) is 0 Å². The molecule has 0 radical (unpaired) electrons. The Kier molecular flexibility index (Phi) is 4.89. The molecule has 2 rings (SSSR count). The summed E-state index contributed by atoms with van der Waals surface area (Å²) in [6.07, 6.45) is 0. The molecule has 0 fully saturated rings. The molecule has 1 heterocycles. The average molecular weight is 298 g/mol. The van der Waals surface area contributed by atoms with Gasteiger partial charge in [0.2, 0.25) is 10.0 Å². The SMILES string of the molecule is O=S(=O)(CCOc1ccccc1)NCc1cscn1. The Morgan fingerprint density at radius 1 is 1.26 bits per heavy atom. The largest absolute Gasteiger partial charge is 0.492 e. The van der Waals surface area contributed by atoms with Gasteiger partial charge in [0.25, 0.3) is 0 Å². The molecule has 2 aromatic rings. The van der Waals surface area contributed by atoms with Crippen LogP contribution in [-0.4, -0.2) is 25.8 Å². The van der Waals surface area contributed by atoms with Crippen molar-refractivity contribution in [1.82, 2.24) is 9.71 Å². The molecular formula is C12H14N2O3S2. The third-order valence-electron chi connectivity index (χ3n) is 2.32. The molecule has 7 heteroatoms. The summed E-state index contributed by atoms with van der Waals surface area (Å²) in [6.45, 7) is 0.341. The van der Waals surface area contributed by atoms with Gasteiger partial charge >= 0.3 is 0 Å². The second-order valence-electron chi connectivity index (χ2n) is 3.78. The number of sulfonamides is 1. The molecule has 0 saturated carbocycles. The second kappa shape index (κ2) is 6.65. The van der Waals surface area contributed by atoms with Crippen LogP contribution in [0.25, 0.3) is 0 Å². The molecule has 1 N–H and O–H groups in total. The van der Waals surface area contributed by atoms with E-state index in [1.165, 1.54) is 11.3 Å². The minimum Gasteiger partial charge on any atom is -0.492 e. The van der Waals surface area contributed by atoms with Crippen molar-refractivity contribution in [2.45, 2.75) is 6.54 Å². The van der Waals surface area contributed by atoms with Gasteiger partial charge < -0.3 is 4.74 Å². The number of hydrogen-bond acceptors (Lipinski definition) is 5. The first-order valence-corrected chi connectivity index (χ1v) is 8.27. The summed E-state index contributed by atoms with van der Waals surface area (Å²) in [5, 5.41) is 1.81. The van der Waals surface area contributed by atoms with Crippen LogP contribution in [0.2, 0.25) is 0 Å². The number of aromatic nitrogens is 1. The number of para-hydroxylation sites is 1. The van der Waals surface area contributed by atoms with E-state index >= 15 is 0 Å². The monoisotopic (exact) mass is 298 g/mol. The third kappa shape index (κ3) is 4.98. The highest BCUT2D eigenvalue weighted by molar-refractivity contribution is 7.89. The van der Waals surface area contributed by atoms with Crippen LogP contribution in [0.5, 0.6) is 5.75 Å². The first kappa shape index (κ1) is 14.0. The van der Waals surface area contributed by atoms with Crippen molar-refractivity contribution in [3.8, 4) is 5.75 Å². The van der Waals surface area contributed by atoms with E-state index in [9.17, 15) is 8.42 Å². The zero-order chi connectivity index (χ0) is 13.6. The van der Waals surface area contributed by atoms with Crippen LogP contribution in [0.3, 0.4) is 0 Å². The number of benzene rings is 1. The van der Waals surface area contributed by atoms with Gasteiger partial charge in [0.1, 0.15) is 12.4 Å². The highest BCUT2D eigenvalue weighted by Gasteiger charge is 2.10. The summed E-state index contributed by atoms with van der Waals surface area (Å²) in [4.78, 5) is 4.01. The Bertz CT molecular complexity index is 583. The Hall–Kier alpha value is -1.44. The summed E-state index contributed by atoms with van der Waals surface area (Å²) in [5.41, 5.74) is 2.39. The van der Waals surface area contributed by atoms with E-state index < -0.39 is 10.0 Å². The number of hydrogen-bond donors (Lipinski definition) is 1. The second-order valence-corrected chi connectivity index (χ2v) is 6.43. The molecule has 0 unspecified atom stereocenters. The van der Waals surface area contributed by atoms with E-state index in [4.69, 9.17) is 4.74 Å². The Labute approximate surface area is 116 Å². The van der Waals surface area contributed by atoms with Gasteiger partial charge in [-0.25, -0.2) is 18.1 Å². The summed E-state index contributed by atoms with van der Waals surface area (Å²) < 4.78 is 31.2. The third-order valence-corrected chi connectivity index (χ3v) is 4.24. The van der Waals surface area contributed by atoms with Crippen molar-refractivity contribution in [1.29, 1.82) is 0 Å². The highest BCUT2D eigenvalue weighted by Crippen LogP contribution is 2.08. The Morgan fingerprint density at radius 3 is 2.74 bits per heavy atom. The van der Waals surface area contributed by atoms with E-state index in [1.807, 2.05) is 23.6 Å². The first-order chi connectivity index (χ1) is 9.16. The standard InChI is InChI=1S/C12H14N2O3S2/c15-19(16,14-8-11-9-18-10-13-11)7-6-17-12-4-2-1-3-5-12/h1-5,9-10,14H,6-8H2. The molecule has 0 aliphatic heterocycles. The maximum absolute atomic E-state index is 11.7. The molecule has 102 valence electrons. The zero-order valence-electron chi connectivity index (χ0n) is 10.2. The molecule has 0 aliphatic carbocycles. The van der Waals surface area contributed by atoms with Crippen LogP contribution in [-0.2, 0) is 16.6 Å². The van der Waals surface area contributed by atoms with Crippen LogP contribution in [0, 0.1) is 0 Å². The van der Waals surface area contributed by atoms with Gasteiger partial charge in [-0.15, -0.1) is 11.3 Å². The molecule has 0 aliphatic rings. The van der Waals surface area contributed by atoms with E-state index in [-0.39, 0.29) is 18.9 Å². The van der Waals surface area contributed by atoms with Crippen LogP contribution in [0.1, 0.15) is 5.69 Å². The van der Waals surface area contributed by atoms with Crippen molar-refractivity contribution < 1.29 is 13.2 Å². The molecule has 0 saturated heterocycles. The van der Waals surface area contributed by atoms with Crippen molar-refractivity contribution in [2.75, 3.05) is 12.4 Å². The predicted octanol–water partition coefficient (Wildman–Crippen LogP) is 1.64. The lowest BCUT2D eigenvalue weighted by Crippen LogP contribution is -2.28. The van der Waals surface area contributed by atoms with E-state index in [1.54, 1.807) is 17.6 Å². The molecule has 19 heavy (non-hydrogen) atoms. The highest BCUT2D eigenvalue weighted by atomic mass is 32.2. The zero-order valence-corrected chi connectivity index (χ0v) is 11.8.